The zero-order valence-electron chi connectivity index (χ0n) is 12.9. The van der Waals surface area contributed by atoms with Gasteiger partial charge < -0.3 is 5.73 Å². The lowest BCUT2D eigenvalue weighted by atomic mass is 9.91. The highest BCUT2D eigenvalue weighted by atomic mass is 35.5. The molecule has 1 atom stereocenters. The second-order valence-corrected chi connectivity index (χ2v) is 5.97. The Hall–Kier alpha value is -0.870. The molecule has 22 heavy (non-hydrogen) atoms. The van der Waals surface area contributed by atoms with Crippen LogP contribution in [-0.2, 0) is 6.54 Å². The molecular formula is C17H25Cl2N3. The number of hydrogen-bond acceptors (Lipinski definition) is 3. The quantitative estimate of drug-likeness (QED) is 0.926. The van der Waals surface area contributed by atoms with E-state index < -0.39 is 0 Å². The summed E-state index contributed by atoms with van der Waals surface area (Å²) in [6, 6.07) is 13.0. The van der Waals surface area contributed by atoms with E-state index in [1.807, 2.05) is 6.07 Å². The fraction of sp³-hybridized carbons (Fsp3) is 0.471. The molecule has 1 saturated heterocycles. The Morgan fingerprint density at radius 2 is 1.82 bits per heavy atom. The van der Waals surface area contributed by atoms with Crippen LogP contribution in [0, 0.1) is 5.92 Å². The lowest BCUT2D eigenvalue weighted by Gasteiger charge is -2.33. The average molecular weight is 342 g/mol. The van der Waals surface area contributed by atoms with Gasteiger partial charge in [-0.1, -0.05) is 24.3 Å². The third-order valence-electron chi connectivity index (χ3n) is 4.42. The van der Waals surface area contributed by atoms with Crippen molar-refractivity contribution in [1.82, 2.24) is 9.88 Å². The van der Waals surface area contributed by atoms with Crippen molar-refractivity contribution in [2.75, 3.05) is 13.1 Å². The van der Waals surface area contributed by atoms with E-state index in [4.69, 9.17) is 10.7 Å². The predicted octanol–water partition coefficient (Wildman–Crippen LogP) is 3.64. The molecule has 0 spiro atoms. The Bertz CT molecular complexity index is 581. The molecule has 5 heteroatoms. The number of benzene rings is 1. The maximum absolute atomic E-state index is 6.00. The first kappa shape index (κ1) is 19.2. The average Bonchev–Trinajstić information content (AvgIpc) is 2.48. The highest BCUT2D eigenvalue weighted by Crippen LogP contribution is 2.21. The summed E-state index contributed by atoms with van der Waals surface area (Å²) < 4.78 is 0. The van der Waals surface area contributed by atoms with Crippen LogP contribution in [0.1, 0.15) is 25.5 Å². The third kappa shape index (κ3) is 4.56. The SMILES string of the molecule is CC(N)C1CCN(Cc2ccc3ccccc3n2)CC1.Cl.Cl. The summed E-state index contributed by atoms with van der Waals surface area (Å²) in [7, 11) is 0. The lowest BCUT2D eigenvalue weighted by Crippen LogP contribution is -2.39. The fourth-order valence-corrected chi connectivity index (χ4v) is 3.06. The minimum absolute atomic E-state index is 0. The molecule has 1 unspecified atom stereocenters. The van der Waals surface area contributed by atoms with E-state index in [1.165, 1.54) is 23.9 Å². The van der Waals surface area contributed by atoms with Gasteiger partial charge in [-0.05, 0) is 50.9 Å². The number of pyridine rings is 1. The molecule has 1 aliphatic rings. The Labute approximate surface area is 145 Å². The van der Waals surface area contributed by atoms with Crippen molar-refractivity contribution in [1.29, 1.82) is 0 Å². The Morgan fingerprint density at radius 3 is 2.50 bits per heavy atom. The molecule has 2 aromatic rings. The summed E-state index contributed by atoms with van der Waals surface area (Å²) in [5, 5.41) is 1.21. The summed E-state index contributed by atoms with van der Waals surface area (Å²) in [5.74, 6) is 0.691. The topological polar surface area (TPSA) is 42.1 Å². The molecule has 1 fully saturated rings. The number of aromatic nitrogens is 1. The molecule has 0 amide bonds. The second kappa shape index (κ2) is 8.68. The van der Waals surface area contributed by atoms with Crippen molar-refractivity contribution in [3.8, 4) is 0 Å². The van der Waals surface area contributed by atoms with E-state index in [-0.39, 0.29) is 24.8 Å². The zero-order valence-corrected chi connectivity index (χ0v) is 14.6. The molecule has 1 aromatic carbocycles. The number of halogens is 2. The molecule has 0 radical (unpaired) electrons. The molecule has 0 aliphatic carbocycles. The summed E-state index contributed by atoms with van der Waals surface area (Å²) >= 11 is 0. The number of nitrogens with zero attached hydrogens (tertiary/aromatic N) is 2. The number of nitrogens with two attached hydrogens (primary N) is 1. The van der Waals surface area contributed by atoms with Gasteiger partial charge in [0.05, 0.1) is 11.2 Å². The van der Waals surface area contributed by atoms with Crippen LogP contribution < -0.4 is 5.73 Å². The van der Waals surface area contributed by atoms with Gasteiger partial charge in [0.15, 0.2) is 0 Å². The molecule has 0 bridgehead atoms. The van der Waals surface area contributed by atoms with Gasteiger partial charge in [-0.15, -0.1) is 24.8 Å². The summed E-state index contributed by atoms with van der Waals surface area (Å²) in [6.07, 6.45) is 2.43. The molecule has 0 saturated carbocycles. The van der Waals surface area contributed by atoms with Gasteiger partial charge >= 0.3 is 0 Å². The smallest absolute Gasteiger partial charge is 0.0705 e. The van der Waals surface area contributed by atoms with Gasteiger partial charge in [0, 0.05) is 18.0 Å². The highest BCUT2D eigenvalue weighted by Gasteiger charge is 2.21. The number of fused-ring (bicyclic) bond motifs is 1. The first-order valence-corrected chi connectivity index (χ1v) is 7.55. The molecular weight excluding hydrogens is 317 g/mol. The highest BCUT2D eigenvalue weighted by molar-refractivity contribution is 5.85. The van der Waals surface area contributed by atoms with Gasteiger partial charge in [0.2, 0.25) is 0 Å². The van der Waals surface area contributed by atoms with Crippen molar-refractivity contribution >= 4 is 35.7 Å². The van der Waals surface area contributed by atoms with E-state index in [9.17, 15) is 0 Å². The van der Waals surface area contributed by atoms with E-state index in [0.29, 0.717) is 12.0 Å². The summed E-state index contributed by atoms with van der Waals surface area (Å²) in [6.45, 7) is 5.36. The normalized spacial score (nSPS) is 17.5. The standard InChI is InChI=1S/C17H23N3.2ClH/c1-13(18)14-8-10-20(11-9-14)12-16-7-6-15-4-2-3-5-17(15)19-16;;/h2-7,13-14H,8-12,18H2,1H3;2*1H. The van der Waals surface area contributed by atoms with Crippen molar-refractivity contribution in [2.45, 2.75) is 32.4 Å². The Balaban J connectivity index is 0.00000121. The number of rotatable bonds is 3. The minimum atomic E-state index is 0. The van der Waals surface area contributed by atoms with Crippen LogP contribution in [0.25, 0.3) is 10.9 Å². The lowest BCUT2D eigenvalue weighted by molar-refractivity contribution is 0.164. The van der Waals surface area contributed by atoms with E-state index in [1.54, 1.807) is 0 Å². The third-order valence-corrected chi connectivity index (χ3v) is 4.42. The molecule has 2 heterocycles. The summed E-state index contributed by atoms with van der Waals surface area (Å²) in [4.78, 5) is 7.25. The molecule has 2 N–H and O–H groups in total. The van der Waals surface area contributed by atoms with Crippen molar-refractivity contribution in [2.24, 2.45) is 11.7 Å². The van der Waals surface area contributed by atoms with Gasteiger partial charge in [-0.25, -0.2) is 0 Å². The second-order valence-electron chi connectivity index (χ2n) is 5.97. The zero-order chi connectivity index (χ0) is 13.9. The first-order chi connectivity index (χ1) is 9.72. The molecule has 1 aromatic heterocycles. The van der Waals surface area contributed by atoms with Crippen LogP contribution in [0.4, 0.5) is 0 Å². The fourth-order valence-electron chi connectivity index (χ4n) is 3.06. The van der Waals surface area contributed by atoms with Crippen molar-refractivity contribution in [3.63, 3.8) is 0 Å². The van der Waals surface area contributed by atoms with Gasteiger partial charge in [0.25, 0.3) is 0 Å². The van der Waals surface area contributed by atoms with Crippen LogP contribution in [0.15, 0.2) is 36.4 Å². The van der Waals surface area contributed by atoms with Crippen LogP contribution in [-0.4, -0.2) is 29.0 Å². The molecule has 122 valence electrons. The maximum Gasteiger partial charge on any atom is 0.0705 e. The van der Waals surface area contributed by atoms with E-state index in [2.05, 4.69) is 42.2 Å². The van der Waals surface area contributed by atoms with Gasteiger partial charge in [-0.3, -0.25) is 9.88 Å². The van der Waals surface area contributed by atoms with Crippen LogP contribution in [0.5, 0.6) is 0 Å². The van der Waals surface area contributed by atoms with E-state index >= 15 is 0 Å². The van der Waals surface area contributed by atoms with Crippen LogP contribution in [0.2, 0.25) is 0 Å². The van der Waals surface area contributed by atoms with Gasteiger partial charge in [-0.2, -0.15) is 0 Å². The van der Waals surface area contributed by atoms with Crippen molar-refractivity contribution < 1.29 is 0 Å². The number of hydrogen-bond donors (Lipinski definition) is 1. The van der Waals surface area contributed by atoms with Gasteiger partial charge in [0.1, 0.15) is 0 Å². The van der Waals surface area contributed by atoms with E-state index in [0.717, 1.165) is 25.2 Å². The number of likely N-dealkylation sites (tertiary alicyclic amines) is 1. The molecule has 3 rings (SSSR count). The number of piperidine rings is 1. The summed E-state index contributed by atoms with van der Waals surface area (Å²) in [5.41, 5.74) is 8.26. The molecule has 1 aliphatic heterocycles. The Morgan fingerprint density at radius 1 is 1.14 bits per heavy atom. The largest absolute Gasteiger partial charge is 0.328 e. The monoisotopic (exact) mass is 341 g/mol. The molecule has 3 nitrogen and oxygen atoms in total. The Kier molecular flexibility index (Phi) is 7.57. The van der Waals surface area contributed by atoms with Crippen LogP contribution in [0.3, 0.4) is 0 Å². The minimum Gasteiger partial charge on any atom is -0.328 e. The van der Waals surface area contributed by atoms with Crippen molar-refractivity contribution in [3.05, 3.63) is 42.1 Å². The maximum atomic E-state index is 6.00. The number of para-hydroxylation sites is 1. The predicted molar refractivity (Wildman–Crippen MR) is 97.9 cm³/mol. The first-order valence-electron chi connectivity index (χ1n) is 7.55. The van der Waals surface area contributed by atoms with Crippen LogP contribution >= 0.6 is 24.8 Å².